The Morgan fingerprint density at radius 3 is 2.33 bits per heavy atom. The molecule has 0 saturated carbocycles. The lowest BCUT2D eigenvalue weighted by atomic mass is 10.6. The average Bonchev–Trinajstić information content (AvgIpc) is 2.58. The molecule has 0 radical (unpaired) electrons. The van der Waals surface area contributed by atoms with E-state index in [4.69, 9.17) is 5.73 Å². The number of nitrogens with zero attached hydrogens (tertiary/aromatic N) is 3. The van der Waals surface area contributed by atoms with Crippen LogP contribution in [0.25, 0.3) is 0 Å². The monoisotopic (exact) mass is 294 g/mol. The van der Waals surface area contributed by atoms with Gasteiger partial charge >= 0.3 is 0 Å². The standard InChI is InChI=1S/C8H14N4O4S2/c1-11-6-10-7(9)8(11)18(15,16)12-2-4-17(13,14)5-3-12/h6H,2-5,9H2,1H3. The third kappa shape index (κ3) is 2.22. The van der Waals surface area contributed by atoms with Crippen LogP contribution in [0.2, 0.25) is 0 Å². The zero-order valence-electron chi connectivity index (χ0n) is 9.77. The molecule has 1 aliphatic rings. The van der Waals surface area contributed by atoms with E-state index in [9.17, 15) is 16.8 Å². The SMILES string of the molecule is Cn1cnc(N)c1S(=O)(=O)N1CCS(=O)(=O)CC1. The summed E-state index contributed by atoms with van der Waals surface area (Å²) in [7, 11) is -5.39. The number of hydrogen-bond acceptors (Lipinski definition) is 6. The Morgan fingerprint density at radius 2 is 1.89 bits per heavy atom. The molecule has 8 nitrogen and oxygen atoms in total. The van der Waals surface area contributed by atoms with Crippen LogP contribution in [0, 0.1) is 0 Å². The first-order valence-corrected chi connectivity index (χ1v) is 8.47. The van der Waals surface area contributed by atoms with Crippen LogP contribution in [0.1, 0.15) is 0 Å². The molecule has 2 heterocycles. The van der Waals surface area contributed by atoms with E-state index in [0.29, 0.717) is 0 Å². The molecule has 102 valence electrons. The first-order chi connectivity index (χ1) is 8.24. The van der Waals surface area contributed by atoms with Crippen molar-refractivity contribution in [3.8, 4) is 0 Å². The summed E-state index contributed by atoms with van der Waals surface area (Å²) in [6.45, 7) is -0.0927. The van der Waals surface area contributed by atoms with Crippen LogP contribution in [0.3, 0.4) is 0 Å². The van der Waals surface area contributed by atoms with Gasteiger partial charge in [-0.2, -0.15) is 4.31 Å². The predicted octanol–water partition coefficient (Wildman–Crippen LogP) is -1.58. The molecule has 0 spiro atoms. The van der Waals surface area contributed by atoms with Crippen molar-refractivity contribution in [2.45, 2.75) is 5.03 Å². The van der Waals surface area contributed by atoms with Crippen molar-refractivity contribution in [1.29, 1.82) is 0 Å². The van der Waals surface area contributed by atoms with Crippen molar-refractivity contribution in [1.82, 2.24) is 13.9 Å². The maximum Gasteiger partial charge on any atom is 0.262 e. The van der Waals surface area contributed by atoms with Crippen molar-refractivity contribution in [2.75, 3.05) is 30.3 Å². The number of aromatic nitrogens is 2. The number of rotatable bonds is 2. The first kappa shape index (κ1) is 13.3. The molecule has 18 heavy (non-hydrogen) atoms. The lowest BCUT2D eigenvalue weighted by molar-refractivity contribution is 0.426. The third-order valence-electron chi connectivity index (χ3n) is 2.80. The Bertz CT molecular complexity index is 628. The van der Waals surface area contributed by atoms with E-state index in [-0.39, 0.29) is 35.4 Å². The lowest BCUT2D eigenvalue weighted by Crippen LogP contribution is -2.44. The van der Waals surface area contributed by atoms with E-state index in [1.54, 1.807) is 0 Å². The number of aryl methyl sites for hydroxylation is 1. The highest BCUT2D eigenvalue weighted by molar-refractivity contribution is 7.92. The molecule has 1 aliphatic heterocycles. The van der Waals surface area contributed by atoms with Crippen molar-refractivity contribution < 1.29 is 16.8 Å². The Balaban J connectivity index is 2.34. The summed E-state index contributed by atoms with van der Waals surface area (Å²) in [6.07, 6.45) is 1.31. The molecule has 1 aromatic rings. The van der Waals surface area contributed by atoms with Gasteiger partial charge in [-0.15, -0.1) is 0 Å². The summed E-state index contributed by atoms with van der Waals surface area (Å²) in [6, 6.07) is 0. The fraction of sp³-hybridized carbons (Fsp3) is 0.625. The van der Waals surface area contributed by atoms with Gasteiger partial charge in [0.1, 0.15) is 0 Å². The van der Waals surface area contributed by atoms with Gasteiger partial charge in [0.25, 0.3) is 10.0 Å². The molecule has 1 saturated heterocycles. The van der Waals surface area contributed by atoms with Crippen LogP contribution in [0.4, 0.5) is 5.82 Å². The summed E-state index contributed by atoms with van der Waals surface area (Å²) in [5, 5.41) is -0.0956. The fourth-order valence-corrected chi connectivity index (χ4v) is 4.88. The molecule has 1 fully saturated rings. The molecular formula is C8H14N4O4S2. The van der Waals surface area contributed by atoms with Crippen LogP contribution in [0.5, 0.6) is 0 Å². The van der Waals surface area contributed by atoms with Crippen molar-refractivity contribution >= 4 is 25.7 Å². The average molecular weight is 294 g/mol. The van der Waals surface area contributed by atoms with Crippen LogP contribution >= 0.6 is 0 Å². The second kappa shape index (κ2) is 4.21. The number of sulfonamides is 1. The molecule has 0 unspecified atom stereocenters. The summed E-state index contributed by atoms with van der Waals surface area (Å²) >= 11 is 0. The van der Waals surface area contributed by atoms with E-state index >= 15 is 0 Å². The van der Waals surface area contributed by atoms with Gasteiger partial charge in [0.05, 0.1) is 17.8 Å². The molecule has 1 aromatic heterocycles. The summed E-state index contributed by atoms with van der Waals surface area (Å²) in [4.78, 5) is 3.72. The maximum atomic E-state index is 12.3. The summed E-state index contributed by atoms with van der Waals surface area (Å²) < 4.78 is 49.6. The zero-order valence-corrected chi connectivity index (χ0v) is 11.4. The Labute approximate surface area is 105 Å². The largest absolute Gasteiger partial charge is 0.381 e. The van der Waals surface area contributed by atoms with Crippen LogP contribution < -0.4 is 5.73 Å². The molecule has 0 bridgehead atoms. The van der Waals surface area contributed by atoms with E-state index in [2.05, 4.69) is 4.98 Å². The van der Waals surface area contributed by atoms with Crippen molar-refractivity contribution in [3.05, 3.63) is 6.33 Å². The number of hydrogen-bond donors (Lipinski definition) is 1. The quantitative estimate of drug-likeness (QED) is 0.704. The smallest absolute Gasteiger partial charge is 0.262 e. The van der Waals surface area contributed by atoms with E-state index in [1.165, 1.54) is 17.9 Å². The second-order valence-electron chi connectivity index (χ2n) is 4.10. The molecule has 0 amide bonds. The van der Waals surface area contributed by atoms with Gasteiger partial charge in [-0.25, -0.2) is 21.8 Å². The number of imidazole rings is 1. The van der Waals surface area contributed by atoms with Crippen LogP contribution in [0.15, 0.2) is 11.4 Å². The van der Waals surface area contributed by atoms with Gasteiger partial charge in [0.15, 0.2) is 20.7 Å². The maximum absolute atomic E-state index is 12.3. The highest BCUT2D eigenvalue weighted by Gasteiger charge is 2.34. The highest BCUT2D eigenvalue weighted by atomic mass is 32.2. The van der Waals surface area contributed by atoms with Gasteiger partial charge in [-0.1, -0.05) is 0 Å². The van der Waals surface area contributed by atoms with Gasteiger partial charge in [0.2, 0.25) is 0 Å². The number of nitrogen functional groups attached to an aromatic ring is 1. The van der Waals surface area contributed by atoms with Crippen molar-refractivity contribution in [3.63, 3.8) is 0 Å². The highest BCUT2D eigenvalue weighted by Crippen LogP contribution is 2.22. The number of sulfone groups is 1. The fourth-order valence-electron chi connectivity index (χ4n) is 1.81. The van der Waals surface area contributed by atoms with Gasteiger partial charge < -0.3 is 10.3 Å². The molecule has 0 aromatic carbocycles. The Kier molecular flexibility index (Phi) is 3.11. The molecule has 2 N–H and O–H groups in total. The minimum Gasteiger partial charge on any atom is -0.381 e. The Morgan fingerprint density at radius 1 is 1.33 bits per heavy atom. The number of nitrogens with two attached hydrogens (primary N) is 1. The zero-order chi connectivity index (χ0) is 13.6. The van der Waals surface area contributed by atoms with Crippen LogP contribution in [-0.4, -0.2) is 55.3 Å². The second-order valence-corrected chi connectivity index (χ2v) is 8.26. The van der Waals surface area contributed by atoms with Gasteiger partial charge in [-0.05, 0) is 0 Å². The van der Waals surface area contributed by atoms with Crippen LogP contribution in [-0.2, 0) is 26.9 Å². The molecule has 0 aliphatic carbocycles. The summed E-state index contributed by atoms with van der Waals surface area (Å²) in [5.41, 5.74) is 5.53. The van der Waals surface area contributed by atoms with E-state index in [1.807, 2.05) is 0 Å². The predicted molar refractivity (Wildman–Crippen MR) is 65.0 cm³/mol. The van der Waals surface area contributed by atoms with Crippen molar-refractivity contribution in [2.24, 2.45) is 7.05 Å². The molecule has 0 atom stereocenters. The topological polar surface area (TPSA) is 115 Å². The molecular weight excluding hydrogens is 280 g/mol. The minimum absolute atomic E-state index is 0.0463. The van der Waals surface area contributed by atoms with E-state index < -0.39 is 19.9 Å². The first-order valence-electron chi connectivity index (χ1n) is 5.21. The summed E-state index contributed by atoms with van der Waals surface area (Å²) in [5.74, 6) is -0.403. The van der Waals surface area contributed by atoms with E-state index in [0.717, 1.165) is 4.31 Å². The lowest BCUT2D eigenvalue weighted by Gasteiger charge is -2.25. The van der Waals surface area contributed by atoms with Gasteiger partial charge in [0, 0.05) is 20.1 Å². The normalized spacial score (nSPS) is 20.9. The minimum atomic E-state index is -3.79. The molecule has 10 heteroatoms. The number of anilines is 1. The third-order valence-corrected chi connectivity index (χ3v) is 6.44. The van der Waals surface area contributed by atoms with Gasteiger partial charge in [-0.3, -0.25) is 0 Å². The molecule has 2 rings (SSSR count). The Hall–Kier alpha value is -1.13.